The van der Waals surface area contributed by atoms with Crippen LogP contribution in [0.15, 0.2) is 59.7 Å². The number of amides is 1. The molecular formula is C19H16N4O2. The number of carbonyl (C=O) groups is 1. The zero-order valence-corrected chi connectivity index (χ0v) is 13.6. The summed E-state index contributed by atoms with van der Waals surface area (Å²) < 4.78 is 1.31. The van der Waals surface area contributed by atoms with Crippen LogP contribution in [0.25, 0.3) is 21.8 Å². The van der Waals surface area contributed by atoms with Crippen molar-refractivity contribution < 1.29 is 4.79 Å². The number of aryl methyl sites for hydroxylation is 1. The van der Waals surface area contributed by atoms with Crippen molar-refractivity contribution in [3.63, 3.8) is 0 Å². The Labute approximate surface area is 143 Å². The number of hydrogen-bond donors (Lipinski definition) is 2. The van der Waals surface area contributed by atoms with E-state index in [0.29, 0.717) is 16.7 Å². The summed E-state index contributed by atoms with van der Waals surface area (Å²) in [5.74, 6) is -0.272. The van der Waals surface area contributed by atoms with Crippen LogP contribution in [-0.2, 0) is 11.3 Å². The van der Waals surface area contributed by atoms with E-state index in [1.165, 1.54) is 10.9 Å². The van der Waals surface area contributed by atoms with Crippen molar-refractivity contribution in [2.45, 2.75) is 13.5 Å². The minimum absolute atomic E-state index is 0.0845. The van der Waals surface area contributed by atoms with Crippen molar-refractivity contribution in [1.29, 1.82) is 0 Å². The maximum Gasteiger partial charge on any atom is 0.263 e. The average molecular weight is 332 g/mol. The third-order valence-electron chi connectivity index (χ3n) is 4.10. The van der Waals surface area contributed by atoms with E-state index in [-0.39, 0.29) is 18.0 Å². The number of aromatic amines is 1. The molecule has 0 saturated heterocycles. The number of H-pyrrole nitrogens is 1. The molecule has 0 radical (unpaired) electrons. The van der Waals surface area contributed by atoms with Crippen LogP contribution in [0.2, 0.25) is 0 Å². The third-order valence-corrected chi connectivity index (χ3v) is 4.10. The van der Waals surface area contributed by atoms with E-state index >= 15 is 0 Å². The molecule has 0 aliphatic rings. The molecule has 6 heteroatoms. The topological polar surface area (TPSA) is 79.8 Å². The highest BCUT2D eigenvalue weighted by Gasteiger charge is 2.10. The lowest BCUT2D eigenvalue weighted by molar-refractivity contribution is -0.116. The first kappa shape index (κ1) is 15.1. The molecule has 0 saturated carbocycles. The lowest BCUT2D eigenvalue weighted by Crippen LogP contribution is -2.27. The Balaban J connectivity index is 1.57. The number of fused-ring (bicyclic) bond motifs is 2. The van der Waals surface area contributed by atoms with Gasteiger partial charge in [0.15, 0.2) is 0 Å². The highest BCUT2D eigenvalue weighted by atomic mass is 16.2. The molecule has 0 atom stereocenters. The molecule has 25 heavy (non-hydrogen) atoms. The second-order valence-corrected chi connectivity index (χ2v) is 6.00. The van der Waals surface area contributed by atoms with Crippen LogP contribution in [0.5, 0.6) is 0 Å². The van der Waals surface area contributed by atoms with E-state index in [1.807, 2.05) is 49.4 Å². The molecule has 0 unspecified atom stereocenters. The first-order valence-corrected chi connectivity index (χ1v) is 7.93. The number of anilines is 1. The van der Waals surface area contributed by atoms with E-state index in [4.69, 9.17) is 0 Å². The van der Waals surface area contributed by atoms with E-state index < -0.39 is 0 Å². The van der Waals surface area contributed by atoms with Gasteiger partial charge in [-0.15, -0.1) is 0 Å². The smallest absolute Gasteiger partial charge is 0.263 e. The first-order valence-electron chi connectivity index (χ1n) is 7.93. The summed E-state index contributed by atoms with van der Waals surface area (Å²) in [4.78, 5) is 31.9. The van der Waals surface area contributed by atoms with Crippen molar-refractivity contribution in [1.82, 2.24) is 14.5 Å². The van der Waals surface area contributed by atoms with Gasteiger partial charge in [-0.1, -0.05) is 30.3 Å². The monoisotopic (exact) mass is 332 g/mol. The third kappa shape index (κ3) is 2.89. The molecule has 4 rings (SSSR count). The van der Waals surface area contributed by atoms with Crippen LogP contribution in [0.4, 0.5) is 5.69 Å². The zero-order chi connectivity index (χ0) is 17.4. The fourth-order valence-corrected chi connectivity index (χ4v) is 2.91. The molecule has 6 nitrogen and oxygen atoms in total. The number of benzene rings is 2. The molecule has 0 aliphatic heterocycles. The standard InChI is InChI=1S/C19H16N4O2/c1-12-8-16-18(21-12)20-11-23(19(16)25)10-17(24)22-15-7-6-13-4-2-3-5-14(13)9-15/h2-9,11,21H,10H2,1H3,(H,22,24). The van der Waals surface area contributed by atoms with Crippen molar-refractivity contribution in [2.75, 3.05) is 5.32 Å². The van der Waals surface area contributed by atoms with E-state index in [0.717, 1.165) is 16.5 Å². The fraction of sp³-hybridized carbons (Fsp3) is 0.105. The Kier molecular flexibility index (Phi) is 3.57. The summed E-state index contributed by atoms with van der Waals surface area (Å²) in [6.45, 7) is 1.77. The minimum Gasteiger partial charge on any atom is -0.343 e. The van der Waals surface area contributed by atoms with Crippen LogP contribution in [0.3, 0.4) is 0 Å². The number of rotatable bonds is 3. The van der Waals surface area contributed by atoms with E-state index in [2.05, 4.69) is 15.3 Å². The lowest BCUT2D eigenvalue weighted by Gasteiger charge is -2.08. The van der Waals surface area contributed by atoms with Crippen molar-refractivity contribution in [3.8, 4) is 0 Å². The van der Waals surface area contributed by atoms with Crippen LogP contribution in [0, 0.1) is 6.92 Å². The fourth-order valence-electron chi connectivity index (χ4n) is 2.91. The molecular weight excluding hydrogens is 316 g/mol. The Bertz CT molecular complexity index is 1160. The molecule has 2 N–H and O–H groups in total. The van der Waals surface area contributed by atoms with Crippen molar-refractivity contribution in [3.05, 3.63) is 70.9 Å². The van der Waals surface area contributed by atoms with Gasteiger partial charge in [0.2, 0.25) is 5.91 Å². The van der Waals surface area contributed by atoms with Crippen molar-refractivity contribution >= 4 is 33.4 Å². The number of nitrogens with one attached hydrogen (secondary N) is 2. The number of nitrogens with zero attached hydrogens (tertiary/aromatic N) is 2. The molecule has 0 bridgehead atoms. The first-order chi connectivity index (χ1) is 12.1. The predicted molar refractivity (Wildman–Crippen MR) is 97.7 cm³/mol. The van der Waals surface area contributed by atoms with Gasteiger partial charge >= 0.3 is 0 Å². The van der Waals surface area contributed by atoms with Gasteiger partial charge in [0.1, 0.15) is 18.5 Å². The molecule has 0 fully saturated rings. The van der Waals surface area contributed by atoms with Gasteiger partial charge in [-0.25, -0.2) is 4.98 Å². The Morgan fingerprint density at radius 1 is 1.16 bits per heavy atom. The Morgan fingerprint density at radius 3 is 2.80 bits per heavy atom. The van der Waals surface area contributed by atoms with Gasteiger partial charge in [-0.05, 0) is 35.9 Å². The van der Waals surface area contributed by atoms with Crippen LogP contribution in [-0.4, -0.2) is 20.4 Å². The summed E-state index contributed by atoms with van der Waals surface area (Å²) >= 11 is 0. The normalized spacial score (nSPS) is 11.1. The summed E-state index contributed by atoms with van der Waals surface area (Å²) in [6, 6.07) is 15.4. The predicted octanol–water partition coefficient (Wildman–Crippen LogP) is 2.82. The van der Waals surface area contributed by atoms with Crippen molar-refractivity contribution in [2.24, 2.45) is 0 Å². The van der Waals surface area contributed by atoms with E-state index in [9.17, 15) is 9.59 Å². The van der Waals surface area contributed by atoms with Gasteiger partial charge in [0, 0.05) is 11.4 Å². The molecule has 2 heterocycles. The Morgan fingerprint density at radius 2 is 1.96 bits per heavy atom. The maximum atomic E-state index is 12.4. The number of aromatic nitrogens is 3. The summed E-state index contributed by atoms with van der Waals surface area (Å²) in [7, 11) is 0. The summed E-state index contributed by atoms with van der Waals surface area (Å²) in [5, 5.41) is 5.46. The summed E-state index contributed by atoms with van der Waals surface area (Å²) in [5.41, 5.74) is 1.86. The number of carbonyl (C=O) groups excluding carboxylic acids is 1. The van der Waals surface area contributed by atoms with Crippen LogP contribution >= 0.6 is 0 Å². The second-order valence-electron chi connectivity index (χ2n) is 6.00. The van der Waals surface area contributed by atoms with E-state index in [1.54, 1.807) is 6.07 Å². The van der Waals surface area contributed by atoms with Gasteiger partial charge in [0.25, 0.3) is 5.56 Å². The maximum absolute atomic E-state index is 12.4. The lowest BCUT2D eigenvalue weighted by atomic mass is 10.1. The van der Waals surface area contributed by atoms with Crippen LogP contribution in [0.1, 0.15) is 5.69 Å². The second kappa shape index (κ2) is 5.90. The quantitative estimate of drug-likeness (QED) is 0.605. The molecule has 0 aliphatic carbocycles. The van der Waals surface area contributed by atoms with Gasteiger partial charge in [-0.3, -0.25) is 14.2 Å². The SMILES string of the molecule is Cc1cc2c(=O)n(CC(=O)Nc3ccc4ccccc4c3)cnc2[nH]1. The zero-order valence-electron chi connectivity index (χ0n) is 13.6. The largest absolute Gasteiger partial charge is 0.343 e. The molecule has 2 aromatic carbocycles. The molecule has 4 aromatic rings. The van der Waals surface area contributed by atoms with Crippen LogP contribution < -0.4 is 10.9 Å². The van der Waals surface area contributed by atoms with Gasteiger partial charge in [0.05, 0.1) is 5.39 Å². The summed E-state index contributed by atoms with van der Waals surface area (Å²) in [6.07, 6.45) is 1.39. The molecule has 0 spiro atoms. The highest BCUT2D eigenvalue weighted by Crippen LogP contribution is 2.18. The number of hydrogen-bond acceptors (Lipinski definition) is 3. The molecule has 1 amide bonds. The molecule has 124 valence electrons. The average Bonchev–Trinajstić information content (AvgIpc) is 2.99. The van der Waals surface area contributed by atoms with Gasteiger partial charge in [-0.2, -0.15) is 0 Å². The highest BCUT2D eigenvalue weighted by molar-refractivity contribution is 5.94. The van der Waals surface area contributed by atoms with Gasteiger partial charge < -0.3 is 10.3 Å². The minimum atomic E-state index is -0.272. The Hall–Kier alpha value is -3.41. The molecule has 2 aromatic heterocycles.